The van der Waals surface area contributed by atoms with E-state index in [4.69, 9.17) is 5.11 Å². The molecule has 1 heteroatoms. The van der Waals surface area contributed by atoms with E-state index in [0.717, 1.165) is 12.0 Å². The van der Waals surface area contributed by atoms with Crippen LogP contribution in [0.25, 0.3) is 0 Å². The van der Waals surface area contributed by atoms with Crippen LogP contribution in [0.5, 0.6) is 5.75 Å². The molecule has 0 aliphatic rings. The van der Waals surface area contributed by atoms with Gasteiger partial charge in [-0.1, -0.05) is 25.1 Å². The Morgan fingerprint density at radius 1 is 1.44 bits per heavy atom. The highest BCUT2D eigenvalue weighted by atomic mass is 16.3. The predicted octanol–water partition coefficient (Wildman–Crippen LogP) is 2.20. The molecule has 9 heavy (non-hydrogen) atoms. The molecule has 0 fully saturated rings. The largest absolute Gasteiger partial charge is 0.508 e. The summed E-state index contributed by atoms with van der Waals surface area (Å²) in [6, 6.07) is 7.39. The summed E-state index contributed by atoms with van der Waals surface area (Å²) >= 11 is 0. The zero-order chi connectivity index (χ0) is 6.69. The lowest BCUT2D eigenvalue weighted by Crippen LogP contribution is -1.77. The highest BCUT2D eigenvalue weighted by Gasteiger charge is 1.92. The maximum atomic E-state index is 9.11. The second-order valence-corrected chi connectivity index (χ2v) is 1.98. The minimum absolute atomic E-state index is 0. The molecule has 0 saturated heterocycles. The van der Waals surface area contributed by atoms with Crippen molar-refractivity contribution in [2.24, 2.45) is 0 Å². The van der Waals surface area contributed by atoms with Crippen LogP contribution >= 0.6 is 0 Å². The Hall–Kier alpha value is -0.980. The molecule has 1 N–H and O–H groups in total. The summed E-state index contributed by atoms with van der Waals surface area (Å²) in [4.78, 5) is 0. The molecule has 0 aliphatic heterocycles. The average Bonchev–Trinajstić information content (AvgIpc) is 1.89. The minimum Gasteiger partial charge on any atom is -0.508 e. The SMILES string of the molecule is CCc1ccccc1O.[HH]. The van der Waals surface area contributed by atoms with E-state index < -0.39 is 0 Å². The summed E-state index contributed by atoms with van der Waals surface area (Å²) in [6.45, 7) is 2.02. The standard InChI is InChI=1S/C8H10O.H2/c1-2-7-5-3-4-6-8(7)9;/h3-6,9H,2H2,1H3;1H. The van der Waals surface area contributed by atoms with Gasteiger partial charge in [0.25, 0.3) is 0 Å². The predicted molar refractivity (Wildman–Crippen MR) is 39.6 cm³/mol. The molecule has 50 valence electrons. The second-order valence-electron chi connectivity index (χ2n) is 1.98. The number of rotatable bonds is 1. The number of hydrogen-bond donors (Lipinski definition) is 1. The highest BCUT2D eigenvalue weighted by Crippen LogP contribution is 2.14. The van der Waals surface area contributed by atoms with Crippen LogP contribution in [0.15, 0.2) is 24.3 Å². The number of aryl methyl sites for hydroxylation is 1. The van der Waals surface area contributed by atoms with E-state index in [1.54, 1.807) is 6.07 Å². The lowest BCUT2D eigenvalue weighted by atomic mass is 10.1. The molecule has 0 heterocycles. The Morgan fingerprint density at radius 3 is 2.56 bits per heavy atom. The van der Waals surface area contributed by atoms with Gasteiger partial charge in [0.1, 0.15) is 5.75 Å². The molecule has 0 aromatic heterocycles. The molecule has 1 rings (SSSR count). The maximum Gasteiger partial charge on any atom is 0.118 e. The quantitative estimate of drug-likeness (QED) is 0.608. The number of phenolic OH excluding ortho intramolecular Hbond substituents is 1. The summed E-state index contributed by atoms with van der Waals surface area (Å²) in [6.07, 6.45) is 0.896. The molecule has 0 unspecified atom stereocenters. The van der Waals surface area contributed by atoms with Crippen molar-refractivity contribution in [3.05, 3.63) is 29.8 Å². The summed E-state index contributed by atoms with van der Waals surface area (Å²) in [5, 5.41) is 9.11. The van der Waals surface area contributed by atoms with Crippen molar-refractivity contribution in [2.45, 2.75) is 13.3 Å². The van der Waals surface area contributed by atoms with Crippen LogP contribution in [-0.4, -0.2) is 5.11 Å². The van der Waals surface area contributed by atoms with Crippen LogP contribution in [0, 0.1) is 0 Å². The van der Waals surface area contributed by atoms with E-state index in [2.05, 4.69) is 0 Å². The van der Waals surface area contributed by atoms with Crippen molar-refractivity contribution >= 4 is 0 Å². The lowest BCUT2D eigenvalue weighted by Gasteiger charge is -1.97. The third kappa shape index (κ3) is 1.22. The summed E-state index contributed by atoms with van der Waals surface area (Å²) in [5.74, 6) is 0.403. The zero-order valence-electron chi connectivity index (χ0n) is 5.46. The molecular weight excluding hydrogens is 112 g/mol. The molecule has 1 nitrogen and oxygen atoms in total. The fourth-order valence-electron chi connectivity index (χ4n) is 0.810. The van der Waals surface area contributed by atoms with E-state index in [0.29, 0.717) is 5.75 Å². The molecule has 0 saturated carbocycles. The number of aromatic hydroxyl groups is 1. The van der Waals surface area contributed by atoms with E-state index >= 15 is 0 Å². The first-order valence-electron chi connectivity index (χ1n) is 3.11. The van der Waals surface area contributed by atoms with Crippen LogP contribution < -0.4 is 0 Å². The van der Waals surface area contributed by atoms with Gasteiger partial charge in [-0.05, 0) is 18.1 Å². The van der Waals surface area contributed by atoms with Gasteiger partial charge >= 0.3 is 0 Å². The van der Waals surface area contributed by atoms with Crippen LogP contribution in [0.2, 0.25) is 0 Å². The summed E-state index contributed by atoms with van der Waals surface area (Å²) < 4.78 is 0. The second kappa shape index (κ2) is 2.53. The van der Waals surface area contributed by atoms with Crippen LogP contribution in [0.4, 0.5) is 0 Å². The molecule has 1 aromatic rings. The van der Waals surface area contributed by atoms with Gasteiger partial charge in [-0.3, -0.25) is 0 Å². The third-order valence-electron chi connectivity index (χ3n) is 1.37. The molecule has 1 aromatic carbocycles. The highest BCUT2D eigenvalue weighted by molar-refractivity contribution is 5.31. The van der Waals surface area contributed by atoms with Crippen LogP contribution in [0.1, 0.15) is 13.9 Å². The Bertz CT molecular complexity index is 198. The van der Waals surface area contributed by atoms with Crippen molar-refractivity contribution in [2.75, 3.05) is 0 Å². The van der Waals surface area contributed by atoms with Gasteiger partial charge in [-0.15, -0.1) is 0 Å². The first kappa shape index (κ1) is 6.14. The van der Waals surface area contributed by atoms with Crippen molar-refractivity contribution in [3.8, 4) is 5.75 Å². The fourth-order valence-corrected chi connectivity index (χ4v) is 0.810. The van der Waals surface area contributed by atoms with Crippen LogP contribution in [-0.2, 0) is 6.42 Å². The number of hydrogen-bond acceptors (Lipinski definition) is 1. The lowest BCUT2D eigenvalue weighted by molar-refractivity contribution is 0.469. The normalized spacial score (nSPS) is 9.44. The Morgan fingerprint density at radius 2 is 2.11 bits per heavy atom. The third-order valence-corrected chi connectivity index (χ3v) is 1.37. The number of phenols is 1. The molecule has 0 atom stereocenters. The van der Waals surface area contributed by atoms with Crippen LogP contribution in [0.3, 0.4) is 0 Å². The first-order chi connectivity index (χ1) is 4.34. The van der Waals surface area contributed by atoms with Crippen molar-refractivity contribution in [1.82, 2.24) is 0 Å². The van der Waals surface area contributed by atoms with Gasteiger partial charge < -0.3 is 5.11 Å². The molecule has 0 bridgehead atoms. The van der Waals surface area contributed by atoms with Gasteiger partial charge in [0.2, 0.25) is 0 Å². The van der Waals surface area contributed by atoms with Crippen molar-refractivity contribution < 1.29 is 6.53 Å². The van der Waals surface area contributed by atoms with E-state index in [1.165, 1.54) is 0 Å². The topological polar surface area (TPSA) is 20.2 Å². The van der Waals surface area contributed by atoms with Crippen molar-refractivity contribution in [1.29, 1.82) is 0 Å². The van der Waals surface area contributed by atoms with Gasteiger partial charge in [0.05, 0.1) is 0 Å². The summed E-state index contributed by atoms with van der Waals surface area (Å²) in [7, 11) is 0. The average molecular weight is 124 g/mol. The van der Waals surface area contributed by atoms with E-state index in [1.807, 2.05) is 25.1 Å². The minimum atomic E-state index is 0. The Kier molecular flexibility index (Phi) is 1.73. The van der Waals surface area contributed by atoms with Gasteiger partial charge in [0.15, 0.2) is 0 Å². The van der Waals surface area contributed by atoms with Gasteiger partial charge in [0, 0.05) is 1.43 Å². The number of benzene rings is 1. The number of para-hydroxylation sites is 1. The first-order valence-corrected chi connectivity index (χ1v) is 3.11. The fraction of sp³-hybridized carbons (Fsp3) is 0.250. The van der Waals surface area contributed by atoms with Gasteiger partial charge in [-0.25, -0.2) is 0 Å². The monoisotopic (exact) mass is 124 g/mol. The maximum absolute atomic E-state index is 9.11. The molecule has 0 aliphatic carbocycles. The molecular formula is C8H12O. The molecule has 0 spiro atoms. The van der Waals surface area contributed by atoms with E-state index in [-0.39, 0.29) is 1.43 Å². The Balaban J connectivity index is 0.000000810. The molecule has 0 amide bonds. The smallest absolute Gasteiger partial charge is 0.118 e. The van der Waals surface area contributed by atoms with E-state index in [9.17, 15) is 0 Å². The van der Waals surface area contributed by atoms with Crippen molar-refractivity contribution in [3.63, 3.8) is 0 Å². The zero-order valence-corrected chi connectivity index (χ0v) is 5.46. The Labute approximate surface area is 56.4 Å². The van der Waals surface area contributed by atoms with Gasteiger partial charge in [-0.2, -0.15) is 0 Å². The summed E-state index contributed by atoms with van der Waals surface area (Å²) in [5.41, 5.74) is 1.01. The molecule has 0 radical (unpaired) electrons.